The number of hydrogen-bond acceptors (Lipinski definition) is 21. The third-order valence-corrected chi connectivity index (χ3v) is 21.3. The number of hydrogen-bond donors (Lipinski definition) is 6. The average Bonchev–Trinajstić information content (AvgIpc) is 3.52. The third-order valence-electron chi connectivity index (χ3n) is 20.3. The first-order valence-electron chi connectivity index (χ1n) is 29.2. The molecule has 1 unspecified atom stereocenters. The summed E-state index contributed by atoms with van der Waals surface area (Å²) in [5, 5.41) is 44.6. The highest BCUT2D eigenvalue weighted by molar-refractivity contribution is 7.81. The van der Waals surface area contributed by atoms with Crippen LogP contribution >= 0.6 is 0 Å². The molecule has 27 atom stereocenters. The van der Waals surface area contributed by atoms with E-state index in [9.17, 15) is 41.8 Å². The van der Waals surface area contributed by atoms with Gasteiger partial charge in [-0.25, -0.2) is 8.37 Å². The molecule has 0 saturated carbocycles. The summed E-state index contributed by atoms with van der Waals surface area (Å²) < 4.78 is 151. The quantitative estimate of drug-likeness (QED) is 0.113. The molecule has 0 radical (unpaired) electrons. The molecule has 11 fully saturated rings. The van der Waals surface area contributed by atoms with Crippen LogP contribution in [0.25, 0.3) is 0 Å². The molecule has 460 valence electrons. The van der Waals surface area contributed by atoms with Gasteiger partial charge in [-0.3, -0.25) is 9.11 Å². The molecule has 11 rings (SSSR count). The fourth-order valence-electron chi connectivity index (χ4n) is 15.8. The normalized spacial score (nSPS) is 50.4. The summed E-state index contributed by atoms with van der Waals surface area (Å²) in [5.74, 6) is 0.0445. The maximum atomic E-state index is 12.4. The smallest absolute Gasteiger partial charge is 0.393 e. The SMILES string of the molecule is C=CCC(O)(/C=C/C[C@@](C)(O)[C@H]1O[C@@H]2C[C@@H]3O[C@@H]4C[C@@H]5O[C@@H]6C[C@@H]7O[C@@H]8C[C@@H]9O[C@@H]%10C[C@@H]%11O[C@](C)(CCOS(=O)(=O)O)[C@@H](OS(=O)(=O)O)C[C@H]%11O[C@H]%10C[C@H]9O[C@H]8CC[C@@]7(C)O[C@@]6(C)CC[C@H](C)[C@H]5O[C@H]4[C@@H](O)[C@@]3(C)O[C@H]2CC1=C)CO. The van der Waals surface area contributed by atoms with Gasteiger partial charge in [-0.15, -0.1) is 6.58 Å². The summed E-state index contributed by atoms with van der Waals surface area (Å²) in [6.07, 6.45) is 0.0199. The van der Waals surface area contributed by atoms with Crippen molar-refractivity contribution < 1.29 is 107 Å². The van der Waals surface area contributed by atoms with Gasteiger partial charge in [0.1, 0.15) is 35.6 Å². The molecule has 0 aromatic rings. The standard InChI is InChI=1S/C56H86O23S2/c1-9-13-56(60,28-57)15-10-14-51(4,59)50-30(3)20-39-38(74-50)26-46-55(8,77-39)49(58)48-42(73-46)24-41-47(75-48)29(2)11-16-53(6)44(72-41)27-43-54(7,79-53)17-12-31-32(71-43)21-34-33(68-31)22-35-36(69-34)23-40-37(70-35)25-45(78-81(64,65)66)52(5,76-40)18-19-67-80(61,62)63/h9-10,15,29,31-50,57-60H,1,3,11-14,16-28H2,2,4-8H3,(H,61,62,63)(H,64,65,66)/b15-10+/t29-,31-,32+,33+,34-,35-,36+,37+,38+,39-,40-,41-,42+,43-,44+,45-,46-,47+,48+,49+,50-,51+,52+,53-,54+,55-,56?/m0/s1. The molecule has 25 heteroatoms. The van der Waals surface area contributed by atoms with Gasteiger partial charge in [0.15, 0.2) is 0 Å². The minimum Gasteiger partial charge on any atom is -0.393 e. The van der Waals surface area contributed by atoms with Crippen LogP contribution in [0.4, 0.5) is 0 Å². The zero-order chi connectivity index (χ0) is 58.0. The molecule has 11 heterocycles. The van der Waals surface area contributed by atoms with Crippen molar-refractivity contribution in [2.75, 3.05) is 13.2 Å². The highest BCUT2D eigenvalue weighted by Crippen LogP contribution is 2.54. The average molecular weight is 1190 g/mol. The van der Waals surface area contributed by atoms with Crippen molar-refractivity contribution in [1.29, 1.82) is 0 Å². The van der Waals surface area contributed by atoms with Crippen LogP contribution in [0.2, 0.25) is 0 Å². The Morgan fingerprint density at radius 2 is 1.23 bits per heavy atom. The number of aliphatic hydroxyl groups is 4. The van der Waals surface area contributed by atoms with Gasteiger partial charge >= 0.3 is 20.8 Å². The van der Waals surface area contributed by atoms with Gasteiger partial charge < -0.3 is 72.5 Å². The van der Waals surface area contributed by atoms with E-state index >= 15 is 0 Å². The fourth-order valence-corrected chi connectivity index (χ4v) is 16.6. The van der Waals surface area contributed by atoms with E-state index in [2.05, 4.69) is 38.1 Å². The third kappa shape index (κ3) is 12.1. The Balaban J connectivity index is 0.742. The second kappa shape index (κ2) is 22.2. The predicted molar refractivity (Wildman–Crippen MR) is 283 cm³/mol. The Morgan fingerprint density at radius 3 is 1.88 bits per heavy atom. The minimum atomic E-state index is -4.95. The van der Waals surface area contributed by atoms with Crippen molar-refractivity contribution >= 4 is 20.8 Å². The van der Waals surface area contributed by atoms with E-state index in [1.54, 1.807) is 13.0 Å². The minimum absolute atomic E-state index is 0.00523. The maximum Gasteiger partial charge on any atom is 0.397 e. The number of fused-ring (bicyclic) bond motifs is 10. The van der Waals surface area contributed by atoms with Gasteiger partial charge in [-0.1, -0.05) is 31.7 Å². The highest BCUT2D eigenvalue weighted by atomic mass is 32.3. The second-order valence-electron chi connectivity index (χ2n) is 26.5. The van der Waals surface area contributed by atoms with Crippen LogP contribution in [-0.4, -0.2) is 215 Å². The molecule has 11 saturated heterocycles. The lowest BCUT2D eigenvalue weighted by atomic mass is 9.72. The topological polar surface area (TPSA) is 310 Å². The van der Waals surface area contributed by atoms with Gasteiger partial charge in [0, 0.05) is 51.4 Å². The second-order valence-corrected chi connectivity index (χ2v) is 28.7. The number of aliphatic hydroxyl groups excluding tert-OH is 2. The van der Waals surface area contributed by atoms with E-state index in [4.69, 9.17) is 60.8 Å². The molecule has 23 nitrogen and oxygen atoms in total. The number of ether oxygens (including phenoxy) is 11. The molecule has 11 aliphatic heterocycles. The molecular formula is C56H86O23S2. The largest absolute Gasteiger partial charge is 0.397 e. The molecule has 0 aliphatic carbocycles. The highest BCUT2D eigenvalue weighted by Gasteiger charge is 2.65. The summed E-state index contributed by atoms with van der Waals surface area (Å²) >= 11 is 0. The molecule has 0 aromatic heterocycles. The van der Waals surface area contributed by atoms with Gasteiger partial charge in [0.05, 0.1) is 133 Å². The molecule has 81 heavy (non-hydrogen) atoms. The maximum absolute atomic E-state index is 12.4. The van der Waals surface area contributed by atoms with E-state index in [1.165, 1.54) is 19.1 Å². The van der Waals surface area contributed by atoms with Crippen LogP contribution in [0.5, 0.6) is 0 Å². The van der Waals surface area contributed by atoms with Crippen LogP contribution in [0, 0.1) is 5.92 Å². The van der Waals surface area contributed by atoms with E-state index in [1.807, 2.05) is 6.92 Å². The van der Waals surface area contributed by atoms with E-state index in [-0.39, 0.29) is 74.3 Å². The van der Waals surface area contributed by atoms with Crippen LogP contribution in [0.15, 0.2) is 37.0 Å². The fraction of sp³-hybridized carbons (Fsp3) is 0.893. The lowest BCUT2D eigenvalue weighted by molar-refractivity contribution is -0.369. The van der Waals surface area contributed by atoms with Crippen molar-refractivity contribution in [3.8, 4) is 0 Å². The molecule has 11 aliphatic rings. The monoisotopic (exact) mass is 1190 g/mol. The zero-order valence-corrected chi connectivity index (χ0v) is 48.9. The van der Waals surface area contributed by atoms with Gasteiger partial charge in [-0.2, -0.15) is 16.8 Å². The van der Waals surface area contributed by atoms with Gasteiger partial charge in [0.2, 0.25) is 0 Å². The van der Waals surface area contributed by atoms with Crippen LogP contribution in [-0.2, 0) is 81.3 Å². The van der Waals surface area contributed by atoms with Crippen molar-refractivity contribution in [3.63, 3.8) is 0 Å². The van der Waals surface area contributed by atoms with Crippen molar-refractivity contribution in [2.45, 2.75) is 294 Å². The van der Waals surface area contributed by atoms with E-state index in [0.717, 1.165) is 6.42 Å². The van der Waals surface area contributed by atoms with E-state index < -0.39 is 147 Å². The first kappa shape index (κ1) is 61.0. The molecule has 0 bridgehead atoms. The Bertz CT molecular complexity index is 2590. The molecule has 0 aromatic carbocycles. The van der Waals surface area contributed by atoms with Gasteiger partial charge in [-0.05, 0) is 91.1 Å². The molecule has 0 spiro atoms. The Morgan fingerprint density at radius 1 is 0.667 bits per heavy atom. The van der Waals surface area contributed by atoms with Crippen LogP contribution in [0.3, 0.4) is 0 Å². The van der Waals surface area contributed by atoms with Crippen molar-refractivity contribution in [2.24, 2.45) is 5.92 Å². The summed E-state index contributed by atoms with van der Waals surface area (Å²) in [6, 6.07) is 0. The summed E-state index contributed by atoms with van der Waals surface area (Å²) in [6.45, 7) is 18.4. The zero-order valence-electron chi connectivity index (χ0n) is 47.2. The Labute approximate surface area is 475 Å². The summed E-state index contributed by atoms with van der Waals surface area (Å²) in [4.78, 5) is 0. The predicted octanol–water partition coefficient (Wildman–Crippen LogP) is 3.62. The summed E-state index contributed by atoms with van der Waals surface area (Å²) in [5.41, 5.74) is -6.20. The first-order chi connectivity index (χ1) is 37.9. The van der Waals surface area contributed by atoms with Crippen molar-refractivity contribution in [3.05, 3.63) is 37.0 Å². The first-order valence-corrected chi connectivity index (χ1v) is 31.9. The summed E-state index contributed by atoms with van der Waals surface area (Å²) in [7, 11) is -9.75. The number of rotatable bonds is 13. The Kier molecular flexibility index (Phi) is 16.7. The van der Waals surface area contributed by atoms with Crippen LogP contribution < -0.4 is 0 Å². The lowest BCUT2D eigenvalue weighted by Gasteiger charge is -2.61. The van der Waals surface area contributed by atoms with Crippen molar-refractivity contribution in [1.82, 2.24) is 0 Å². The van der Waals surface area contributed by atoms with E-state index in [0.29, 0.717) is 69.8 Å². The van der Waals surface area contributed by atoms with Crippen LogP contribution in [0.1, 0.15) is 138 Å². The Hall–Kier alpha value is -1.64. The van der Waals surface area contributed by atoms with Gasteiger partial charge in [0.25, 0.3) is 0 Å². The molecular weight excluding hydrogens is 1100 g/mol. The molecule has 0 amide bonds. The lowest BCUT2D eigenvalue weighted by Crippen LogP contribution is -2.74. The molecule has 6 N–H and O–H groups in total.